The molecule has 1 N–H and O–H groups in total. The highest BCUT2D eigenvalue weighted by Gasteiger charge is 2.29. The van der Waals surface area contributed by atoms with Gasteiger partial charge >= 0.3 is 5.69 Å². The summed E-state index contributed by atoms with van der Waals surface area (Å²) in [4.78, 5) is 10.4. The largest absolute Gasteiger partial charge is 0.481 e. The predicted molar refractivity (Wildman–Crippen MR) is 62.1 cm³/mol. The first kappa shape index (κ1) is 11.9. The summed E-state index contributed by atoms with van der Waals surface area (Å²) in [6.07, 6.45) is 1.49. The van der Waals surface area contributed by atoms with Crippen LogP contribution >= 0.6 is 0 Å². The molecule has 1 saturated carbocycles. The van der Waals surface area contributed by atoms with Gasteiger partial charge in [-0.1, -0.05) is 6.07 Å². The SMILES string of the molecule is Cc1ccc(O[C@@H]2CCC[C@H]2O)c([N+](=O)[O-])c1. The van der Waals surface area contributed by atoms with E-state index in [-0.39, 0.29) is 17.5 Å². The number of nitro groups is 1. The zero-order chi connectivity index (χ0) is 12.4. The molecule has 0 aromatic heterocycles. The maximum atomic E-state index is 10.9. The van der Waals surface area contributed by atoms with E-state index in [1.54, 1.807) is 19.1 Å². The maximum Gasteiger partial charge on any atom is 0.311 e. The maximum absolute atomic E-state index is 10.9. The minimum absolute atomic E-state index is 0.0379. The molecule has 1 aromatic rings. The molecule has 0 spiro atoms. The van der Waals surface area contributed by atoms with Crippen molar-refractivity contribution in [2.24, 2.45) is 0 Å². The smallest absolute Gasteiger partial charge is 0.311 e. The molecular formula is C12H15NO4. The second-order valence-electron chi connectivity index (χ2n) is 4.38. The number of hydrogen-bond acceptors (Lipinski definition) is 4. The third-order valence-electron chi connectivity index (χ3n) is 3.01. The van der Waals surface area contributed by atoms with E-state index in [1.165, 1.54) is 6.07 Å². The highest BCUT2D eigenvalue weighted by atomic mass is 16.6. The molecule has 2 atom stereocenters. The fourth-order valence-electron chi connectivity index (χ4n) is 2.08. The molecule has 0 saturated heterocycles. The van der Waals surface area contributed by atoms with Gasteiger partial charge in [-0.2, -0.15) is 0 Å². The normalized spacial score (nSPS) is 23.6. The number of hydrogen-bond donors (Lipinski definition) is 1. The summed E-state index contributed by atoms with van der Waals surface area (Å²) in [5.41, 5.74) is 0.778. The first-order chi connectivity index (χ1) is 8.08. The van der Waals surface area contributed by atoms with Gasteiger partial charge in [0.1, 0.15) is 6.10 Å². The number of rotatable bonds is 3. The molecule has 0 bridgehead atoms. The van der Waals surface area contributed by atoms with Crippen molar-refractivity contribution in [1.82, 2.24) is 0 Å². The van der Waals surface area contributed by atoms with Gasteiger partial charge in [-0.15, -0.1) is 0 Å². The summed E-state index contributed by atoms with van der Waals surface area (Å²) in [5.74, 6) is 0.242. The van der Waals surface area contributed by atoms with E-state index < -0.39 is 11.0 Å². The number of ether oxygens (including phenoxy) is 1. The van der Waals surface area contributed by atoms with Crippen LogP contribution in [0.15, 0.2) is 18.2 Å². The quantitative estimate of drug-likeness (QED) is 0.646. The Morgan fingerprint density at radius 3 is 2.82 bits per heavy atom. The third kappa shape index (κ3) is 2.55. The van der Waals surface area contributed by atoms with E-state index in [0.29, 0.717) is 6.42 Å². The van der Waals surface area contributed by atoms with E-state index in [9.17, 15) is 15.2 Å². The van der Waals surface area contributed by atoms with Gasteiger partial charge in [0.25, 0.3) is 0 Å². The van der Waals surface area contributed by atoms with Gasteiger partial charge in [0.2, 0.25) is 0 Å². The summed E-state index contributed by atoms with van der Waals surface area (Å²) in [5, 5.41) is 20.5. The molecule has 5 nitrogen and oxygen atoms in total. The van der Waals surface area contributed by atoms with Crippen LogP contribution in [-0.4, -0.2) is 22.2 Å². The predicted octanol–water partition coefficient (Wildman–Crippen LogP) is 2.20. The number of aliphatic hydroxyl groups is 1. The first-order valence-electron chi connectivity index (χ1n) is 5.67. The molecule has 1 aliphatic rings. The standard InChI is InChI=1S/C12H15NO4/c1-8-5-6-11(9(7-8)13(15)16)17-12-4-2-3-10(12)14/h5-7,10,12,14H,2-4H2,1H3/t10-,12-/m1/s1. The molecule has 0 aliphatic heterocycles. The molecule has 0 radical (unpaired) electrons. The molecular weight excluding hydrogens is 222 g/mol. The fourth-order valence-corrected chi connectivity index (χ4v) is 2.08. The average molecular weight is 237 g/mol. The van der Waals surface area contributed by atoms with Gasteiger partial charge in [-0.05, 0) is 37.8 Å². The topological polar surface area (TPSA) is 72.6 Å². The lowest BCUT2D eigenvalue weighted by Crippen LogP contribution is -2.25. The Morgan fingerprint density at radius 2 is 2.24 bits per heavy atom. The Bertz CT molecular complexity index is 433. The van der Waals surface area contributed by atoms with Crippen LogP contribution in [0, 0.1) is 17.0 Å². The van der Waals surface area contributed by atoms with Crippen LogP contribution in [0.3, 0.4) is 0 Å². The van der Waals surface area contributed by atoms with Crippen LogP contribution in [0.25, 0.3) is 0 Å². The van der Waals surface area contributed by atoms with Crippen molar-refractivity contribution >= 4 is 5.69 Å². The zero-order valence-corrected chi connectivity index (χ0v) is 9.63. The van der Waals surface area contributed by atoms with E-state index in [4.69, 9.17) is 4.74 Å². The Morgan fingerprint density at radius 1 is 1.47 bits per heavy atom. The summed E-state index contributed by atoms with van der Waals surface area (Å²) >= 11 is 0. The van der Waals surface area contributed by atoms with Gasteiger partial charge in [0, 0.05) is 6.07 Å². The van der Waals surface area contributed by atoms with E-state index in [0.717, 1.165) is 18.4 Å². The van der Waals surface area contributed by atoms with Crippen molar-refractivity contribution in [3.05, 3.63) is 33.9 Å². The zero-order valence-electron chi connectivity index (χ0n) is 9.63. The Labute approximate surface area is 99.2 Å². The first-order valence-corrected chi connectivity index (χ1v) is 5.67. The second-order valence-corrected chi connectivity index (χ2v) is 4.38. The second kappa shape index (κ2) is 4.71. The third-order valence-corrected chi connectivity index (χ3v) is 3.01. The van der Waals surface area contributed by atoms with Crippen molar-refractivity contribution < 1.29 is 14.8 Å². The van der Waals surface area contributed by atoms with Crippen LogP contribution < -0.4 is 4.74 Å². The van der Waals surface area contributed by atoms with Crippen LogP contribution in [0.2, 0.25) is 0 Å². The number of nitro benzene ring substituents is 1. The van der Waals surface area contributed by atoms with Crippen molar-refractivity contribution in [2.75, 3.05) is 0 Å². The van der Waals surface area contributed by atoms with Crippen molar-refractivity contribution in [1.29, 1.82) is 0 Å². The minimum Gasteiger partial charge on any atom is -0.481 e. The Hall–Kier alpha value is -1.62. The number of aliphatic hydroxyl groups excluding tert-OH is 1. The lowest BCUT2D eigenvalue weighted by molar-refractivity contribution is -0.386. The molecule has 1 aliphatic carbocycles. The number of benzene rings is 1. The summed E-state index contributed by atoms with van der Waals surface area (Å²) in [7, 11) is 0. The number of aryl methyl sites for hydroxylation is 1. The van der Waals surface area contributed by atoms with Crippen LogP contribution in [0.4, 0.5) is 5.69 Å². The summed E-state index contributed by atoms with van der Waals surface area (Å²) < 4.78 is 5.54. The number of nitrogens with zero attached hydrogens (tertiary/aromatic N) is 1. The monoisotopic (exact) mass is 237 g/mol. The van der Waals surface area contributed by atoms with Gasteiger partial charge in [0.05, 0.1) is 11.0 Å². The molecule has 0 heterocycles. The van der Waals surface area contributed by atoms with Crippen molar-refractivity contribution in [2.45, 2.75) is 38.4 Å². The van der Waals surface area contributed by atoms with E-state index >= 15 is 0 Å². The van der Waals surface area contributed by atoms with Crippen LogP contribution in [0.5, 0.6) is 5.75 Å². The van der Waals surface area contributed by atoms with Crippen LogP contribution in [-0.2, 0) is 0 Å². The molecule has 5 heteroatoms. The lowest BCUT2D eigenvalue weighted by Gasteiger charge is -2.17. The van der Waals surface area contributed by atoms with E-state index in [2.05, 4.69) is 0 Å². The van der Waals surface area contributed by atoms with Crippen LogP contribution in [0.1, 0.15) is 24.8 Å². The van der Waals surface area contributed by atoms with E-state index in [1.807, 2.05) is 0 Å². The molecule has 17 heavy (non-hydrogen) atoms. The molecule has 0 unspecified atom stereocenters. The molecule has 0 amide bonds. The minimum atomic E-state index is -0.518. The highest BCUT2D eigenvalue weighted by molar-refractivity contribution is 5.48. The van der Waals surface area contributed by atoms with Gasteiger partial charge in [-0.3, -0.25) is 10.1 Å². The van der Waals surface area contributed by atoms with Gasteiger partial charge in [0.15, 0.2) is 5.75 Å². The Kier molecular flexibility index (Phi) is 3.28. The van der Waals surface area contributed by atoms with Crippen molar-refractivity contribution in [3.8, 4) is 5.75 Å². The molecule has 1 aromatic carbocycles. The Balaban J connectivity index is 2.22. The molecule has 2 rings (SSSR count). The summed E-state index contributed by atoms with van der Waals surface area (Å²) in [6, 6.07) is 4.85. The molecule has 1 fully saturated rings. The molecule has 92 valence electrons. The average Bonchev–Trinajstić information content (AvgIpc) is 2.67. The highest BCUT2D eigenvalue weighted by Crippen LogP contribution is 2.32. The lowest BCUT2D eigenvalue weighted by atomic mass is 10.2. The summed E-state index contributed by atoms with van der Waals surface area (Å²) in [6.45, 7) is 1.79. The van der Waals surface area contributed by atoms with Crippen molar-refractivity contribution in [3.63, 3.8) is 0 Å². The van der Waals surface area contributed by atoms with Gasteiger partial charge < -0.3 is 9.84 Å². The fraction of sp³-hybridized carbons (Fsp3) is 0.500. The van der Waals surface area contributed by atoms with Gasteiger partial charge in [-0.25, -0.2) is 0 Å².